The van der Waals surface area contributed by atoms with Crippen molar-refractivity contribution in [1.82, 2.24) is 14.8 Å². The number of aryl methyl sites for hydroxylation is 1. The van der Waals surface area contributed by atoms with Crippen LogP contribution in [0.3, 0.4) is 0 Å². The summed E-state index contributed by atoms with van der Waals surface area (Å²) in [6.45, 7) is 18.7. The van der Waals surface area contributed by atoms with Gasteiger partial charge in [0.15, 0.2) is 0 Å². The minimum atomic E-state index is -0.00111. The first-order chi connectivity index (χ1) is 12.4. The van der Waals surface area contributed by atoms with Crippen LogP contribution >= 0.6 is 0 Å². The molecule has 0 unspecified atom stereocenters. The van der Waals surface area contributed by atoms with Crippen molar-refractivity contribution in [2.24, 2.45) is 0 Å². The molecule has 2 aromatic rings. The van der Waals surface area contributed by atoms with Crippen molar-refractivity contribution in [1.29, 1.82) is 0 Å². The molecular formula is C22H33N3O. The zero-order valence-electron chi connectivity index (χ0n) is 16.9. The molecule has 2 rings (SSSR count). The molecule has 4 nitrogen and oxygen atoms in total. The van der Waals surface area contributed by atoms with E-state index in [1.54, 1.807) is 0 Å². The van der Waals surface area contributed by atoms with Gasteiger partial charge in [0.2, 0.25) is 0 Å². The minimum Gasteiger partial charge on any atom is -0.349 e. The van der Waals surface area contributed by atoms with Crippen LogP contribution in [0, 0.1) is 6.92 Å². The third kappa shape index (κ3) is 4.18. The zero-order chi connectivity index (χ0) is 19.3. The first-order valence-electron chi connectivity index (χ1n) is 9.68. The first kappa shape index (κ1) is 20.2. The number of aromatic nitrogens is 1. The van der Waals surface area contributed by atoms with Crippen LogP contribution in [0.5, 0.6) is 0 Å². The molecule has 1 aromatic carbocycles. The number of hydrogen-bond acceptors (Lipinski definition) is 2. The molecule has 1 heterocycles. The molecule has 142 valence electrons. The van der Waals surface area contributed by atoms with Crippen LogP contribution in [0.25, 0.3) is 10.9 Å². The molecule has 0 spiro atoms. The molecule has 0 aliphatic rings. The van der Waals surface area contributed by atoms with Gasteiger partial charge in [-0.3, -0.25) is 4.79 Å². The first-order valence-corrected chi connectivity index (χ1v) is 9.68. The number of hydrogen-bond donors (Lipinski definition) is 1. The Hall–Kier alpha value is -2.07. The molecule has 0 radical (unpaired) electrons. The van der Waals surface area contributed by atoms with Crippen LogP contribution in [0.15, 0.2) is 30.9 Å². The lowest BCUT2D eigenvalue weighted by molar-refractivity contribution is 0.0940. The number of likely N-dealkylation sites (N-methyl/N-ethyl adjacent to an activating group) is 1. The number of carbonyl (C=O) groups excluding carboxylic acids is 1. The molecule has 0 atom stereocenters. The lowest BCUT2D eigenvalue weighted by Crippen LogP contribution is -2.35. The van der Waals surface area contributed by atoms with Crippen molar-refractivity contribution in [3.8, 4) is 0 Å². The smallest absolute Gasteiger partial charge is 0.268 e. The fourth-order valence-corrected chi connectivity index (χ4v) is 3.46. The molecule has 0 bridgehead atoms. The molecule has 4 heteroatoms. The second-order valence-corrected chi connectivity index (χ2v) is 7.09. The van der Waals surface area contributed by atoms with E-state index in [0.29, 0.717) is 19.0 Å². The Bertz CT molecular complexity index is 769. The SMILES string of the molecule is C=CCn1c(C(=O)NCCN(CC)CC)c(C)c2cc(C(C)C)ccc21. The Morgan fingerprint density at radius 3 is 2.58 bits per heavy atom. The van der Waals surface area contributed by atoms with Gasteiger partial charge in [-0.15, -0.1) is 6.58 Å². The maximum absolute atomic E-state index is 12.9. The van der Waals surface area contributed by atoms with Crippen molar-refractivity contribution >= 4 is 16.8 Å². The molecule has 26 heavy (non-hydrogen) atoms. The van der Waals surface area contributed by atoms with Gasteiger partial charge in [0.1, 0.15) is 5.69 Å². The summed E-state index contributed by atoms with van der Waals surface area (Å²) in [4.78, 5) is 15.2. The maximum atomic E-state index is 12.9. The summed E-state index contributed by atoms with van der Waals surface area (Å²) in [7, 11) is 0. The summed E-state index contributed by atoms with van der Waals surface area (Å²) in [5.41, 5.74) is 4.19. The van der Waals surface area contributed by atoms with Gasteiger partial charge in [0, 0.05) is 30.5 Å². The van der Waals surface area contributed by atoms with Crippen LogP contribution in [-0.4, -0.2) is 41.6 Å². The minimum absolute atomic E-state index is 0.00111. The lowest BCUT2D eigenvalue weighted by Gasteiger charge is -2.18. The molecule has 0 aliphatic carbocycles. The van der Waals surface area contributed by atoms with E-state index in [-0.39, 0.29) is 5.91 Å². The molecular weight excluding hydrogens is 322 g/mol. The van der Waals surface area contributed by atoms with E-state index < -0.39 is 0 Å². The Kier molecular flexibility index (Phi) is 7.04. The summed E-state index contributed by atoms with van der Waals surface area (Å²) in [6.07, 6.45) is 1.85. The fourth-order valence-electron chi connectivity index (χ4n) is 3.46. The molecule has 0 fully saturated rings. The average Bonchev–Trinajstić information content (AvgIpc) is 2.90. The second-order valence-electron chi connectivity index (χ2n) is 7.09. The van der Waals surface area contributed by atoms with Crippen molar-refractivity contribution in [2.75, 3.05) is 26.2 Å². The van der Waals surface area contributed by atoms with Gasteiger partial charge >= 0.3 is 0 Å². The van der Waals surface area contributed by atoms with Gasteiger partial charge in [-0.25, -0.2) is 0 Å². The number of rotatable bonds is 9. The van der Waals surface area contributed by atoms with E-state index in [1.165, 1.54) is 5.56 Å². The maximum Gasteiger partial charge on any atom is 0.268 e. The average molecular weight is 356 g/mol. The highest BCUT2D eigenvalue weighted by molar-refractivity contribution is 6.01. The summed E-state index contributed by atoms with van der Waals surface area (Å²) < 4.78 is 2.08. The van der Waals surface area contributed by atoms with Crippen molar-refractivity contribution in [2.45, 2.75) is 47.1 Å². The van der Waals surface area contributed by atoms with E-state index in [4.69, 9.17) is 0 Å². The molecule has 0 saturated heterocycles. The number of carbonyl (C=O) groups is 1. The largest absolute Gasteiger partial charge is 0.349 e. The number of benzene rings is 1. The Labute approximate surface area is 157 Å². The number of allylic oxidation sites excluding steroid dienone is 1. The fraction of sp³-hybridized carbons (Fsp3) is 0.500. The van der Waals surface area contributed by atoms with E-state index in [2.05, 4.69) is 67.3 Å². The lowest BCUT2D eigenvalue weighted by atomic mass is 10.0. The van der Waals surface area contributed by atoms with Crippen LogP contribution < -0.4 is 5.32 Å². The van der Waals surface area contributed by atoms with Gasteiger partial charge in [-0.1, -0.05) is 39.8 Å². The quantitative estimate of drug-likeness (QED) is 0.680. The number of fused-ring (bicyclic) bond motifs is 1. The standard InChI is InChI=1S/C22H33N3O/c1-7-13-25-20-11-10-18(16(4)5)15-19(20)17(6)21(25)22(26)23-12-14-24(8-2)9-3/h7,10-11,15-16H,1,8-9,12-14H2,2-6H3,(H,23,26). The van der Waals surface area contributed by atoms with Crippen LogP contribution in [0.1, 0.15) is 55.2 Å². The number of amides is 1. The monoisotopic (exact) mass is 355 g/mol. The van der Waals surface area contributed by atoms with E-state index in [0.717, 1.165) is 41.8 Å². The van der Waals surface area contributed by atoms with E-state index in [1.807, 2.05) is 13.0 Å². The summed E-state index contributed by atoms with van der Waals surface area (Å²) in [6, 6.07) is 6.52. The predicted molar refractivity (Wildman–Crippen MR) is 111 cm³/mol. The summed E-state index contributed by atoms with van der Waals surface area (Å²) in [5, 5.41) is 4.26. The van der Waals surface area contributed by atoms with E-state index >= 15 is 0 Å². The Balaban J connectivity index is 2.35. The van der Waals surface area contributed by atoms with Gasteiger partial charge in [-0.05, 0) is 49.2 Å². The molecule has 0 aliphatic heterocycles. The highest BCUT2D eigenvalue weighted by atomic mass is 16.1. The molecule has 1 amide bonds. The predicted octanol–water partition coefficient (Wildman–Crippen LogP) is 4.33. The molecule has 1 aromatic heterocycles. The number of nitrogens with one attached hydrogen (secondary N) is 1. The van der Waals surface area contributed by atoms with Crippen LogP contribution in [0.2, 0.25) is 0 Å². The third-order valence-electron chi connectivity index (χ3n) is 5.14. The van der Waals surface area contributed by atoms with Gasteiger partial charge in [-0.2, -0.15) is 0 Å². The van der Waals surface area contributed by atoms with Crippen molar-refractivity contribution in [3.63, 3.8) is 0 Å². The topological polar surface area (TPSA) is 37.3 Å². The molecule has 1 N–H and O–H groups in total. The summed E-state index contributed by atoms with van der Waals surface area (Å²) in [5.74, 6) is 0.465. The molecule has 0 saturated carbocycles. The van der Waals surface area contributed by atoms with Crippen molar-refractivity contribution in [3.05, 3.63) is 47.7 Å². The van der Waals surface area contributed by atoms with Gasteiger partial charge < -0.3 is 14.8 Å². The third-order valence-corrected chi connectivity index (χ3v) is 5.14. The van der Waals surface area contributed by atoms with Crippen LogP contribution in [0.4, 0.5) is 0 Å². The van der Waals surface area contributed by atoms with Crippen molar-refractivity contribution < 1.29 is 4.79 Å². The normalized spacial score (nSPS) is 11.5. The second kappa shape index (κ2) is 9.04. The Morgan fingerprint density at radius 1 is 1.31 bits per heavy atom. The zero-order valence-corrected chi connectivity index (χ0v) is 16.9. The highest BCUT2D eigenvalue weighted by Crippen LogP contribution is 2.29. The highest BCUT2D eigenvalue weighted by Gasteiger charge is 2.20. The Morgan fingerprint density at radius 2 is 2.00 bits per heavy atom. The van der Waals surface area contributed by atoms with E-state index in [9.17, 15) is 4.79 Å². The number of nitrogens with zero attached hydrogens (tertiary/aromatic N) is 2. The van der Waals surface area contributed by atoms with Crippen LogP contribution in [-0.2, 0) is 6.54 Å². The summed E-state index contributed by atoms with van der Waals surface area (Å²) >= 11 is 0. The van der Waals surface area contributed by atoms with Gasteiger partial charge in [0.05, 0.1) is 0 Å². The van der Waals surface area contributed by atoms with Gasteiger partial charge in [0.25, 0.3) is 5.91 Å².